The van der Waals surface area contributed by atoms with Gasteiger partial charge in [-0.15, -0.1) is 0 Å². The number of hydrogen-bond acceptors (Lipinski definition) is 2. The van der Waals surface area contributed by atoms with Crippen molar-refractivity contribution in [3.63, 3.8) is 0 Å². The first-order valence-corrected chi connectivity index (χ1v) is 7.00. The smallest absolute Gasteiger partial charge is 0.390 e. The Kier molecular flexibility index (Phi) is 5.05. The maximum atomic E-state index is 12.7. The molecular formula is C15H20F3NO. The molecule has 0 saturated heterocycles. The van der Waals surface area contributed by atoms with E-state index in [-0.39, 0.29) is 6.04 Å². The van der Waals surface area contributed by atoms with E-state index in [1.807, 2.05) is 0 Å². The van der Waals surface area contributed by atoms with Crippen LogP contribution in [0.3, 0.4) is 0 Å². The monoisotopic (exact) mass is 287 g/mol. The van der Waals surface area contributed by atoms with Gasteiger partial charge in [0.15, 0.2) is 0 Å². The number of benzene rings is 1. The number of hydrogen-bond donors (Lipinski definition) is 2. The molecule has 1 aliphatic rings. The first-order valence-electron chi connectivity index (χ1n) is 7.00. The van der Waals surface area contributed by atoms with Crippen molar-refractivity contribution >= 4 is 0 Å². The SMILES string of the molecule is OC1CCCC(NC(CC(F)(F)F)c2ccccc2)C1. The molecular weight excluding hydrogens is 267 g/mol. The van der Waals surface area contributed by atoms with Crippen molar-refractivity contribution in [2.24, 2.45) is 0 Å². The summed E-state index contributed by atoms with van der Waals surface area (Å²) in [5, 5.41) is 12.7. The minimum atomic E-state index is -4.21. The summed E-state index contributed by atoms with van der Waals surface area (Å²) < 4.78 is 38.2. The summed E-state index contributed by atoms with van der Waals surface area (Å²) in [5.74, 6) is 0. The number of aliphatic hydroxyl groups is 1. The summed E-state index contributed by atoms with van der Waals surface area (Å²) in [5.41, 5.74) is 0.643. The van der Waals surface area contributed by atoms with Crippen LogP contribution in [-0.2, 0) is 0 Å². The van der Waals surface area contributed by atoms with Gasteiger partial charge in [-0.1, -0.05) is 30.3 Å². The Balaban J connectivity index is 2.06. The van der Waals surface area contributed by atoms with E-state index in [0.29, 0.717) is 12.0 Å². The molecule has 2 N–H and O–H groups in total. The van der Waals surface area contributed by atoms with E-state index in [1.165, 1.54) is 0 Å². The van der Waals surface area contributed by atoms with Gasteiger partial charge in [-0.25, -0.2) is 0 Å². The lowest BCUT2D eigenvalue weighted by Crippen LogP contribution is -2.39. The highest BCUT2D eigenvalue weighted by atomic mass is 19.4. The highest BCUT2D eigenvalue weighted by Crippen LogP contribution is 2.31. The largest absolute Gasteiger partial charge is 0.393 e. The summed E-state index contributed by atoms with van der Waals surface area (Å²) in [4.78, 5) is 0. The van der Waals surface area contributed by atoms with Crippen LogP contribution in [0.25, 0.3) is 0 Å². The van der Waals surface area contributed by atoms with Gasteiger partial charge in [-0.3, -0.25) is 0 Å². The summed E-state index contributed by atoms with van der Waals surface area (Å²) >= 11 is 0. The predicted octanol–water partition coefficient (Wildman–Crippen LogP) is 3.57. The van der Waals surface area contributed by atoms with Gasteiger partial charge in [0.25, 0.3) is 0 Å². The maximum Gasteiger partial charge on any atom is 0.390 e. The first-order chi connectivity index (χ1) is 9.44. The van der Waals surface area contributed by atoms with E-state index in [4.69, 9.17) is 0 Å². The van der Waals surface area contributed by atoms with Crippen molar-refractivity contribution in [1.29, 1.82) is 0 Å². The topological polar surface area (TPSA) is 32.3 Å². The minimum Gasteiger partial charge on any atom is -0.393 e. The Hall–Kier alpha value is -1.07. The van der Waals surface area contributed by atoms with Gasteiger partial charge in [0.2, 0.25) is 0 Å². The van der Waals surface area contributed by atoms with Gasteiger partial charge >= 0.3 is 6.18 Å². The summed E-state index contributed by atoms with van der Waals surface area (Å²) in [6.45, 7) is 0. The molecule has 0 aromatic heterocycles. The van der Waals surface area contributed by atoms with Crippen LogP contribution < -0.4 is 5.32 Å². The van der Waals surface area contributed by atoms with Crippen molar-refractivity contribution in [3.8, 4) is 0 Å². The molecule has 1 aliphatic carbocycles. The fourth-order valence-electron chi connectivity index (χ4n) is 2.79. The van der Waals surface area contributed by atoms with Crippen molar-refractivity contribution in [1.82, 2.24) is 5.32 Å². The molecule has 5 heteroatoms. The summed E-state index contributed by atoms with van der Waals surface area (Å²) in [6, 6.07) is 7.91. The van der Waals surface area contributed by atoms with E-state index in [9.17, 15) is 18.3 Å². The molecule has 1 saturated carbocycles. The number of nitrogens with one attached hydrogen (secondary N) is 1. The second kappa shape index (κ2) is 6.59. The number of alkyl halides is 3. The lowest BCUT2D eigenvalue weighted by molar-refractivity contribution is -0.141. The average molecular weight is 287 g/mol. The highest BCUT2D eigenvalue weighted by molar-refractivity contribution is 5.19. The van der Waals surface area contributed by atoms with E-state index in [2.05, 4.69) is 5.32 Å². The third-order valence-corrected chi connectivity index (χ3v) is 3.72. The Bertz CT molecular complexity index is 407. The van der Waals surface area contributed by atoms with Crippen molar-refractivity contribution in [2.75, 3.05) is 0 Å². The Morgan fingerprint density at radius 1 is 1.20 bits per heavy atom. The van der Waals surface area contributed by atoms with E-state index in [1.54, 1.807) is 30.3 Å². The molecule has 0 spiro atoms. The maximum absolute atomic E-state index is 12.7. The van der Waals surface area contributed by atoms with Gasteiger partial charge in [-0.05, 0) is 31.2 Å². The van der Waals surface area contributed by atoms with Gasteiger partial charge in [0, 0.05) is 12.1 Å². The molecule has 0 bridgehead atoms. The van der Waals surface area contributed by atoms with Crippen LogP contribution in [0.15, 0.2) is 30.3 Å². The van der Waals surface area contributed by atoms with E-state index >= 15 is 0 Å². The van der Waals surface area contributed by atoms with Crippen LogP contribution in [0.4, 0.5) is 13.2 Å². The molecule has 3 atom stereocenters. The zero-order valence-corrected chi connectivity index (χ0v) is 11.2. The van der Waals surface area contributed by atoms with Gasteiger partial charge in [0.1, 0.15) is 0 Å². The molecule has 1 fully saturated rings. The zero-order chi connectivity index (χ0) is 14.6. The van der Waals surface area contributed by atoms with Gasteiger partial charge in [-0.2, -0.15) is 13.2 Å². The molecule has 112 valence electrons. The minimum absolute atomic E-state index is 0.0497. The second-order valence-corrected chi connectivity index (χ2v) is 5.47. The number of halogens is 3. The quantitative estimate of drug-likeness (QED) is 0.887. The average Bonchev–Trinajstić information content (AvgIpc) is 2.37. The molecule has 0 amide bonds. The van der Waals surface area contributed by atoms with Crippen LogP contribution >= 0.6 is 0 Å². The van der Waals surface area contributed by atoms with E-state index in [0.717, 1.165) is 19.3 Å². The van der Waals surface area contributed by atoms with Crippen LogP contribution in [-0.4, -0.2) is 23.4 Å². The van der Waals surface area contributed by atoms with Crippen LogP contribution in [0.1, 0.15) is 43.7 Å². The molecule has 2 nitrogen and oxygen atoms in total. The van der Waals surface area contributed by atoms with Crippen LogP contribution in [0.2, 0.25) is 0 Å². The molecule has 1 aromatic carbocycles. The second-order valence-electron chi connectivity index (χ2n) is 5.47. The fraction of sp³-hybridized carbons (Fsp3) is 0.600. The summed E-state index contributed by atoms with van der Waals surface area (Å²) in [6.07, 6.45) is -2.55. The zero-order valence-electron chi connectivity index (χ0n) is 11.2. The van der Waals surface area contributed by atoms with Crippen molar-refractivity contribution in [3.05, 3.63) is 35.9 Å². The highest BCUT2D eigenvalue weighted by Gasteiger charge is 2.34. The predicted molar refractivity (Wildman–Crippen MR) is 71.3 cm³/mol. The van der Waals surface area contributed by atoms with Crippen LogP contribution in [0, 0.1) is 0 Å². The molecule has 0 heterocycles. The molecule has 0 aliphatic heterocycles. The van der Waals surface area contributed by atoms with Crippen molar-refractivity contribution in [2.45, 2.75) is 56.5 Å². The fourth-order valence-corrected chi connectivity index (χ4v) is 2.79. The molecule has 3 unspecified atom stereocenters. The standard InChI is InChI=1S/C15H20F3NO/c16-15(17,18)10-14(11-5-2-1-3-6-11)19-12-7-4-8-13(20)9-12/h1-3,5-6,12-14,19-20H,4,7-10H2. The third kappa shape index (κ3) is 4.80. The Morgan fingerprint density at radius 2 is 1.90 bits per heavy atom. The lowest BCUT2D eigenvalue weighted by atomic mass is 9.91. The molecule has 2 rings (SSSR count). The molecule has 20 heavy (non-hydrogen) atoms. The Labute approximate surface area is 117 Å². The Morgan fingerprint density at radius 3 is 2.50 bits per heavy atom. The lowest BCUT2D eigenvalue weighted by Gasteiger charge is -2.31. The normalized spacial score (nSPS) is 25.4. The van der Waals surface area contributed by atoms with Gasteiger partial charge in [0.05, 0.1) is 12.5 Å². The van der Waals surface area contributed by atoms with E-state index < -0.39 is 24.7 Å². The first kappa shape index (κ1) is 15.3. The van der Waals surface area contributed by atoms with Crippen molar-refractivity contribution < 1.29 is 18.3 Å². The van der Waals surface area contributed by atoms with Gasteiger partial charge < -0.3 is 10.4 Å². The third-order valence-electron chi connectivity index (χ3n) is 3.72. The summed E-state index contributed by atoms with van der Waals surface area (Å²) in [7, 11) is 0. The molecule has 0 radical (unpaired) electrons. The van der Waals surface area contributed by atoms with Crippen LogP contribution in [0.5, 0.6) is 0 Å². The molecule has 1 aromatic rings. The number of aliphatic hydroxyl groups excluding tert-OH is 1. The number of rotatable bonds is 4.